The number of aliphatic hydroxyl groups is 1. The molecular weight excluding hydrogens is 448 g/mol. The molecule has 186 valence electrons. The van der Waals surface area contributed by atoms with Crippen LogP contribution in [0.5, 0.6) is 11.5 Å². The zero-order valence-corrected chi connectivity index (χ0v) is 20.0. The molecule has 4 rings (SSSR count). The molecule has 8 nitrogen and oxygen atoms in total. The molecule has 2 N–H and O–H groups in total. The van der Waals surface area contributed by atoms with E-state index < -0.39 is 17.7 Å². The minimum atomic E-state index is -0.763. The Hall–Kier alpha value is -3.36. The predicted molar refractivity (Wildman–Crippen MR) is 131 cm³/mol. The lowest BCUT2D eigenvalue weighted by Gasteiger charge is -2.31. The first-order valence-corrected chi connectivity index (χ1v) is 12.1. The van der Waals surface area contributed by atoms with E-state index in [-0.39, 0.29) is 17.1 Å². The van der Waals surface area contributed by atoms with Gasteiger partial charge >= 0.3 is 0 Å². The van der Waals surface area contributed by atoms with Gasteiger partial charge in [-0.25, -0.2) is 0 Å². The molecule has 0 radical (unpaired) electrons. The number of phenols is 1. The standard InChI is InChI=1S/C27H32N2O6/c1-2-3-15-35-22-6-4-5-20(18-22)25(31)23-24(19-7-9-21(30)10-8-19)29(27(33)26(23)32)12-11-28-13-16-34-17-14-28/h4-10,18,24,30-31H,2-3,11-17H2,1H3. The Labute approximate surface area is 205 Å². The molecule has 0 spiro atoms. The number of aromatic hydroxyl groups is 1. The number of hydrogen-bond donors (Lipinski definition) is 2. The van der Waals surface area contributed by atoms with Crippen LogP contribution in [0.3, 0.4) is 0 Å². The van der Waals surface area contributed by atoms with E-state index >= 15 is 0 Å². The summed E-state index contributed by atoms with van der Waals surface area (Å²) in [6.45, 7) is 6.34. The number of morpholine rings is 1. The molecule has 2 heterocycles. The van der Waals surface area contributed by atoms with E-state index in [9.17, 15) is 19.8 Å². The van der Waals surface area contributed by atoms with Crippen molar-refractivity contribution in [1.82, 2.24) is 9.80 Å². The van der Waals surface area contributed by atoms with Crippen LogP contribution in [-0.2, 0) is 14.3 Å². The highest BCUT2D eigenvalue weighted by molar-refractivity contribution is 6.46. The van der Waals surface area contributed by atoms with Gasteiger partial charge in [0.05, 0.1) is 31.4 Å². The van der Waals surface area contributed by atoms with Crippen molar-refractivity contribution in [2.24, 2.45) is 0 Å². The molecule has 1 unspecified atom stereocenters. The molecule has 2 fully saturated rings. The number of ether oxygens (including phenoxy) is 2. The molecule has 2 aliphatic heterocycles. The number of hydrogen-bond acceptors (Lipinski definition) is 7. The first-order valence-electron chi connectivity index (χ1n) is 12.1. The molecule has 2 aromatic carbocycles. The Balaban J connectivity index is 1.68. The largest absolute Gasteiger partial charge is 0.508 e. The van der Waals surface area contributed by atoms with Gasteiger partial charge in [-0.15, -0.1) is 0 Å². The van der Waals surface area contributed by atoms with Crippen LogP contribution in [0.4, 0.5) is 0 Å². The number of likely N-dealkylation sites (tertiary alicyclic amines) is 1. The molecule has 1 atom stereocenters. The van der Waals surface area contributed by atoms with Gasteiger partial charge in [0.15, 0.2) is 0 Å². The van der Waals surface area contributed by atoms with Crippen LogP contribution in [0.25, 0.3) is 5.76 Å². The smallest absolute Gasteiger partial charge is 0.295 e. The molecule has 8 heteroatoms. The lowest BCUT2D eigenvalue weighted by molar-refractivity contribution is -0.140. The van der Waals surface area contributed by atoms with E-state index in [0.717, 1.165) is 25.9 Å². The number of aliphatic hydroxyl groups excluding tert-OH is 1. The lowest BCUT2D eigenvalue weighted by atomic mass is 9.95. The summed E-state index contributed by atoms with van der Waals surface area (Å²) in [5, 5.41) is 21.0. The van der Waals surface area contributed by atoms with Crippen LogP contribution in [0, 0.1) is 0 Å². The Morgan fingerprint density at radius 3 is 2.54 bits per heavy atom. The zero-order valence-electron chi connectivity index (χ0n) is 20.0. The summed E-state index contributed by atoms with van der Waals surface area (Å²) in [5.41, 5.74) is 1.09. The molecule has 0 saturated carbocycles. The van der Waals surface area contributed by atoms with Crippen LogP contribution in [0.15, 0.2) is 54.1 Å². The molecule has 0 aromatic heterocycles. The van der Waals surface area contributed by atoms with E-state index in [1.165, 1.54) is 17.0 Å². The van der Waals surface area contributed by atoms with Crippen LogP contribution in [0.1, 0.15) is 36.9 Å². The Morgan fingerprint density at radius 2 is 1.83 bits per heavy atom. The molecular formula is C27H32N2O6. The molecule has 0 bridgehead atoms. The summed E-state index contributed by atoms with van der Waals surface area (Å²) in [5.74, 6) is -0.939. The quantitative estimate of drug-likeness (QED) is 0.246. The fourth-order valence-corrected chi connectivity index (χ4v) is 4.41. The van der Waals surface area contributed by atoms with E-state index in [2.05, 4.69) is 11.8 Å². The lowest BCUT2D eigenvalue weighted by Crippen LogP contribution is -2.42. The van der Waals surface area contributed by atoms with Gasteiger partial charge in [0.25, 0.3) is 11.7 Å². The Morgan fingerprint density at radius 1 is 1.09 bits per heavy atom. The fourth-order valence-electron chi connectivity index (χ4n) is 4.41. The van der Waals surface area contributed by atoms with Gasteiger partial charge in [-0.05, 0) is 36.2 Å². The summed E-state index contributed by atoms with van der Waals surface area (Å²) in [6.07, 6.45) is 1.91. The van der Waals surface area contributed by atoms with Crippen LogP contribution in [-0.4, -0.2) is 77.7 Å². The van der Waals surface area contributed by atoms with Crippen molar-refractivity contribution in [3.8, 4) is 11.5 Å². The van der Waals surface area contributed by atoms with Crippen molar-refractivity contribution in [3.05, 3.63) is 65.2 Å². The number of rotatable bonds is 9. The molecule has 2 saturated heterocycles. The Bertz CT molecular complexity index is 1080. The molecule has 0 aliphatic carbocycles. The Kier molecular flexibility index (Phi) is 8.05. The summed E-state index contributed by atoms with van der Waals surface area (Å²) < 4.78 is 11.2. The monoisotopic (exact) mass is 480 g/mol. The number of carbonyl (C=O) groups excluding carboxylic acids is 2. The van der Waals surface area contributed by atoms with E-state index in [0.29, 0.717) is 49.8 Å². The number of carbonyl (C=O) groups is 2. The van der Waals surface area contributed by atoms with Crippen molar-refractivity contribution in [3.63, 3.8) is 0 Å². The number of amides is 1. The second-order valence-corrected chi connectivity index (χ2v) is 8.77. The highest BCUT2D eigenvalue weighted by Gasteiger charge is 2.46. The zero-order chi connectivity index (χ0) is 24.8. The second kappa shape index (κ2) is 11.4. The van der Waals surface area contributed by atoms with Gasteiger partial charge in [-0.2, -0.15) is 0 Å². The van der Waals surface area contributed by atoms with E-state index in [1.807, 2.05) is 0 Å². The molecule has 35 heavy (non-hydrogen) atoms. The van der Waals surface area contributed by atoms with Gasteiger partial charge in [0.1, 0.15) is 17.3 Å². The number of ketones is 1. The van der Waals surface area contributed by atoms with E-state index in [4.69, 9.17) is 9.47 Å². The van der Waals surface area contributed by atoms with Crippen molar-refractivity contribution in [1.29, 1.82) is 0 Å². The molecule has 2 aliphatic rings. The third kappa shape index (κ3) is 5.66. The average Bonchev–Trinajstić information content (AvgIpc) is 3.13. The summed E-state index contributed by atoms with van der Waals surface area (Å²) in [4.78, 5) is 30.0. The summed E-state index contributed by atoms with van der Waals surface area (Å²) >= 11 is 0. The maximum Gasteiger partial charge on any atom is 0.295 e. The van der Waals surface area contributed by atoms with Gasteiger partial charge in [-0.3, -0.25) is 14.5 Å². The van der Waals surface area contributed by atoms with Crippen molar-refractivity contribution in [2.45, 2.75) is 25.8 Å². The SMILES string of the molecule is CCCCOc1cccc(C(O)=C2C(=O)C(=O)N(CCN3CCOCC3)C2c2ccc(O)cc2)c1. The van der Waals surface area contributed by atoms with Crippen molar-refractivity contribution in [2.75, 3.05) is 46.0 Å². The molecule has 1 amide bonds. The van der Waals surface area contributed by atoms with Crippen LogP contribution < -0.4 is 4.74 Å². The first kappa shape index (κ1) is 24.8. The number of phenolic OH excluding ortho intramolecular Hbond substituents is 1. The highest BCUT2D eigenvalue weighted by Crippen LogP contribution is 2.40. The maximum atomic E-state index is 13.2. The third-order valence-corrected chi connectivity index (χ3v) is 6.38. The topological polar surface area (TPSA) is 99.5 Å². The predicted octanol–water partition coefficient (Wildman–Crippen LogP) is 3.33. The van der Waals surface area contributed by atoms with Crippen molar-refractivity contribution >= 4 is 17.4 Å². The average molecular weight is 481 g/mol. The first-order chi connectivity index (χ1) is 17.0. The summed E-state index contributed by atoms with van der Waals surface area (Å²) in [6, 6.07) is 12.5. The number of Topliss-reactive ketones (excluding diaryl/α,β-unsaturated/α-hetero) is 1. The molecule has 2 aromatic rings. The minimum absolute atomic E-state index is 0.0355. The van der Waals surface area contributed by atoms with Crippen molar-refractivity contribution < 1.29 is 29.3 Å². The van der Waals surface area contributed by atoms with Gasteiger partial charge in [-0.1, -0.05) is 37.6 Å². The number of unbranched alkanes of at least 4 members (excludes halogenated alkanes) is 1. The minimum Gasteiger partial charge on any atom is -0.508 e. The number of nitrogens with zero attached hydrogens (tertiary/aromatic N) is 2. The van der Waals surface area contributed by atoms with Gasteiger partial charge in [0.2, 0.25) is 0 Å². The fraction of sp³-hybridized carbons (Fsp3) is 0.407. The normalized spacial score (nSPS) is 20.4. The third-order valence-electron chi connectivity index (χ3n) is 6.38. The number of benzene rings is 2. The summed E-state index contributed by atoms with van der Waals surface area (Å²) in [7, 11) is 0. The van der Waals surface area contributed by atoms with Gasteiger partial charge in [0, 0.05) is 31.7 Å². The second-order valence-electron chi connectivity index (χ2n) is 8.77. The highest BCUT2D eigenvalue weighted by atomic mass is 16.5. The van der Waals surface area contributed by atoms with Gasteiger partial charge < -0.3 is 24.6 Å². The van der Waals surface area contributed by atoms with Crippen LogP contribution in [0.2, 0.25) is 0 Å². The van der Waals surface area contributed by atoms with E-state index in [1.54, 1.807) is 36.4 Å². The maximum absolute atomic E-state index is 13.2. The van der Waals surface area contributed by atoms with Crippen LogP contribution >= 0.6 is 0 Å².